The van der Waals surface area contributed by atoms with Crippen molar-refractivity contribution in [2.24, 2.45) is 5.73 Å². The van der Waals surface area contributed by atoms with Crippen molar-refractivity contribution in [2.75, 3.05) is 25.1 Å². The van der Waals surface area contributed by atoms with E-state index in [-0.39, 0.29) is 0 Å². The number of methoxy groups -OCH3 is 1. The highest BCUT2D eigenvalue weighted by Gasteiger charge is 2.31. The largest absolute Gasteiger partial charge is 0.481 e. The number of rotatable bonds is 6. The summed E-state index contributed by atoms with van der Waals surface area (Å²) in [5.74, 6) is 1.65. The van der Waals surface area contributed by atoms with Gasteiger partial charge < -0.3 is 15.4 Å². The molecule has 2 rings (SSSR count). The summed E-state index contributed by atoms with van der Waals surface area (Å²) in [5, 5.41) is 0. The molecule has 0 aromatic carbocycles. The molecule has 0 atom stereocenters. The summed E-state index contributed by atoms with van der Waals surface area (Å²) in [6.07, 6.45) is 5.05. The van der Waals surface area contributed by atoms with Gasteiger partial charge in [-0.05, 0) is 32.7 Å². The van der Waals surface area contributed by atoms with Crippen LogP contribution in [0.15, 0.2) is 6.33 Å². The standard InChI is InChI=1S/C12H20N4O/c1-9-11(14-8-15-12(9)17-2)16(7-3-6-13)10-4-5-10/h8,10H,3-7,13H2,1-2H3. The maximum atomic E-state index is 5.59. The molecule has 0 bridgehead atoms. The zero-order valence-corrected chi connectivity index (χ0v) is 10.5. The maximum Gasteiger partial charge on any atom is 0.221 e. The molecule has 1 saturated carbocycles. The molecule has 2 N–H and O–H groups in total. The lowest BCUT2D eigenvalue weighted by Crippen LogP contribution is -2.30. The van der Waals surface area contributed by atoms with Crippen molar-refractivity contribution >= 4 is 5.82 Å². The number of anilines is 1. The molecule has 5 nitrogen and oxygen atoms in total. The van der Waals surface area contributed by atoms with Gasteiger partial charge in [-0.2, -0.15) is 0 Å². The third kappa shape index (κ3) is 2.66. The number of nitrogens with zero attached hydrogens (tertiary/aromatic N) is 3. The van der Waals surface area contributed by atoms with Crippen LogP contribution in [0.2, 0.25) is 0 Å². The minimum atomic E-state index is 0.625. The van der Waals surface area contributed by atoms with Gasteiger partial charge in [0.2, 0.25) is 5.88 Å². The van der Waals surface area contributed by atoms with Crippen LogP contribution in [0, 0.1) is 6.92 Å². The second-order valence-corrected chi connectivity index (χ2v) is 4.40. The Kier molecular flexibility index (Phi) is 3.78. The summed E-state index contributed by atoms with van der Waals surface area (Å²) in [6, 6.07) is 0.625. The molecule has 0 amide bonds. The van der Waals surface area contributed by atoms with Crippen LogP contribution in [0.3, 0.4) is 0 Å². The predicted molar refractivity (Wildman–Crippen MR) is 67.4 cm³/mol. The Bertz CT molecular complexity index is 379. The fourth-order valence-corrected chi connectivity index (χ4v) is 2.03. The normalized spacial score (nSPS) is 14.8. The highest BCUT2D eigenvalue weighted by atomic mass is 16.5. The van der Waals surface area contributed by atoms with Gasteiger partial charge in [0.1, 0.15) is 12.1 Å². The number of hydrogen-bond donors (Lipinski definition) is 1. The van der Waals surface area contributed by atoms with E-state index in [1.807, 2.05) is 6.92 Å². The minimum Gasteiger partial charge on any atom is -0.481 e. The van der Waals surface area contributed by atoms with Gasteiger partial charge in [0.15, 0.2) is 0 Å². The van der Waals surface area contributed by atoms with Crippen LogP contribution in [-0.4, -0.2) is 36.2 Å². The molecule has 0 spiro atoms. The average molecular weight is 236 g/mol. The minimum absolute atomic E-state index is 0.625. The van der Waals surface area contributed by atoms with Crippen LogP contribution in [0.1, 0.15) is 24.8 Å². The molecule has 0 radical (unpaired) electrons. The van der Waals surface area contributed by atoms with Gasteiger partial charge in [-0.25, -0.2) is 9.97 Å². The Morgan fingerprint density at radius 1 is 1.47 bits per heavy atom. The summed E-state index contributed by atoms with van der Waals surface area (Å²) in [5.41, 5.74) is 6.60. The van der Waals surface area contributed by atoms with Crippen molar-refractivity contribution in [2.45, 2.75) is 32.2 Å². The molecule has 1 aliphatic rings. The second kappa shape index (κ2) is 5.31. The lowest BCUT2D eigenvalue weighted by Gasteiger charge is -2.25. The van der Waals surface area contributed by atoms with E-state index in [1.165, 1.54) is 12.8 Å². The Morgan fingerprint density at radius 3 is 2.82 bits per heavy atom. The zero-order valence-electron chi connectivity index (χ0n) is 10.5. The van der Waals surface area contributed by atoms with Crippen molar-refractivity contribution in [3.05, 3.63) is 11.9 Å². The molecule has 0 saturated heterocycles. The molecule has 1 fully saturated rings. The van der Waals surface area contributed by atoms with E-state index >= 15 is 0 Å². The molecule has 17 heavy (non-hydrogen) atoms. The second-order valence-electron chi connectivity index (χ2n) is 4.40. The number of nitrogens with two attached hydrogens (primary N) is 1. The molecule has 0 unspecified atom stereocenters. The molecular weight excluding hydrogens is 216 g/mol. The first-order chi connectivity index (χ1) is 8.27. The van der Waals surface area contributed by atoms with Gasteiger partial charge in [-0.3, -0.25) is 0 Å². The van der Waals surface area contributed by atoms with E-state index in [9.17, 15) is 0 Å². The third-order valence-corrected chi connectivity index (χ3v) is 3.07. The summed E-state index contributed by atoms with van der Waals surface area (Å²) >= 11 is 0. The first-order valence-corrected chi connectivity index (χ1v) is 6.10. The molecule has 5 heteroatoms. The molecule has 0 aliphatic heterocycles. The molecule has 1 aromatic heterocycles. The quantitative estimate of drug-likeness (QED) is 0.801. The van der Waals surface area contributed by atoms with Crippen molar-refractivity contribution in [3.8, 4) is 5.88 Å². The van der Waals surface area contributed by atoms with E-state index in [0.717, 1.165) is 24.3 Å². The van der Waals surface area contributed by atoms with Crippen molar-refractivity contribution in [1.82, 2.24) is 9.97 Å². The Morgan fingerprint density at radius 2 is 2.24 bits per heavy atom. The van der Waals surface area contributed by atoms with Crippen molar-refractivity contribution in [3.63, 3.8) is 0 Å². The fourth-order valence-electron chi connectivity index (χ4n) is 2.03. The summed E-state index contributed by atoms with van der Waals surface area (Å²) in [4.78, 5) is 10.9. The van der Waals surface area contributed by atoms with Crippen LogP contribution in [0.4, 0.5) is 5.82 Å². The van der Waals surface area contributed by atoms with E-state index in [2.05, 4.69) is 14.9 Å². The monoisotopic (exact) mass is 236 g/mol. The SMILES string of the molecule is COc1ncnc(N(CCCN)C2CC2)c1C. The molecule has 1 heterocycles. The van der Waals surface area contributed by atoms with Crippen LogP contribution >= 0.6 is 0 Å². The van der Waals surface area contributed by atoms with Crippen LogP contribution in [0.5, 0.6) is 5.88 Å². The van der Waals surface area contributed by atoms with Gasteiger partial charge in [0, 0.05) is 12.6 Å². The van der Waals surface area contributed by atoms with Crippen LogP contribution < -0.4 is 15.4 Å². The Balaban J connectivity index is 2.22. The highest BCUT2D eigenvalue weighted by molar-refractivity contribution is 5.51. The van der Waals surface area contributed by atoms with Crippen molar-refractivity contribution in [1.29, 1.82) is 0 Å². The highest BCUT2D eigenvalue weighted by Crippen LogP contribution is 2.33. The zero-order chi connectivity index (χ0) is 12.3. The lowest BCUT2D eigenvalue weighted by atomic mass is 10.2. The molecule has 1 aromatic rings. The van der Waals surface area contributed by atoms with Crippen LogP contribution in [0.25, 0.3) is 0 Å². The molecule has 94 valence electrons. The smallest absolute Gasteiger partial charge is 0.221 e. The van der Waals surface area contributed by atoms with Gasteiger partial charge in [-0.15, -0.1) is 0 Å². The molecule has 1 aliphatic carbocycles. The number of ether oxygens (including phenoxy) is 1. The summed E-state index contributed by atoms with van der Waals surface area (Å²) in [7, 11) is 1.64. The topological polar surface area (TPSA) is 64.3 Å². The first-order valence-electron chi connectivity index (χ1n) is 6.10. The van der Waals surface area contributed by atoms with Gasteiger partial charge in [0.05, 0.1) is 12.7 Å². The van der Waals surface area contributed by atoms with E-state index in [4.69, 9.17) is 10.5 Å². The summed E-state index contributed by atoms with van der Waals surface area (Å²) < 4.78 is 5.24. The first kappa shape index (κ1) is 12.1. The number of hydrogen-bond acceptors (Lipinski definition) is 5. The van der Waals surface area contributed by atoms with Gasteiger partial charge >= 0.3 is 0 Å². The van der Waals surface area contributed by atoms with Gasteiger partial charge in [-0.1, -0.05) is 0 Å². The Labute approximate surface area is 102 Å². The van der Waals surface area contributed by atoms with E-state index in [0.29, 0.717) is 18.5 Å². The fraction of sp³-hybridized carbons (Fsp3) is 0.667. The van der Waals surface area contributed by atoms with Crippen molar-refractivity contribution < 1.29 is 4.74 Å². The van der Waals surface area contributed by atoms with Gasteiger partial charge in [0.25, 0.3) is 0 Å². The van der Waals surface area contributed by atoms with E-state index in [1.54, 1.807) is 13.4 Å². The number of aromatic nitrogens is 2. The summed E-state index contributed by atoms with van der Waals surface area (Å²) in [6.45, 7) is 3.68. The van der Waals surface area contributed by atoms with E-state index < -0.39 is 0 Å². The molecular formula is C12H20N4O. The third-order valence-electron chi connectivity index (χ3n) is 3.07. The van der Waals surface area contributed by atoms with Crippen LogP contribution in [-0.2, 0) is 0 Å². The average Bonchev–Trinajstić information content (AvgIpc) is 3.16. The predicted octanol–water partition coefficient (Wildman–Crippen LogP) is 1.11. The Hall–Kier alpha value is -1.36. The maximum absolute atomic E-state index is 5.59. The lowest BCUT2D eigenvalue weighted by molar-refractivity contribution is 0.393.